The van der Waals surface area contributed by atoms with Gasteiger partial charge in [0.2, 0.25) is 0 Å². The summed E-state index contributed by atoms with van der Waals surface area (Å²) < 4.78 is 0. The molecule has 4 nitrogen and oxygen atoms in total. The minimum atomic E-state index is -0.157. The number of carbonyl (C=O) groups is 2. The Hall–Kier alpha value is -2.79. The molecule has 148 valence electrons. The van der Waals surface area contributed by atoms with Crippen molar-refractivity contribution in [3.8, 4) is 0 Å². The molecule has 0 atom stereocenters. The summed E-state index contributed by atoms with van der Waals surface area (Å²) in [5, 5.41) is 3.01. The number of nitrogens with zero attached hydrogens (tertiary/aromatic N) is 1. The number of hydrogen-bond acceptors (Lipinski definition) is 4. The van der Waals surface area contributed by atoms with Crippen LogP contribution in [0.25, 0.3) is 0 Å². The maximum Gasteiger partial charge on any atom is 0.253 e. The van der Waals surface area contributed by atoms with Crippen LogP contribution in [0.5, 0.6) is 0 Å². The number of ketones is 1. The van der Waals surface area contributed by atoms with Crippen LogP contribution in [0.1, 0.15) is 31.2 Å². The molecule has 5 heteroatoms. The van der Waals surface area contributed by atoms with Crippen molar-refractivity contribution in [2.75, 3.05) is 16.5 Å². The number of para-hydroxylation sites is 1. The highest BCUT2D eigenvalue weighted by atomic mass is 32.2. The fourth-order valence-electron chi connectivity index (χ4n) is 3.84. The van der Waals surface area contributed by atoms with E-state index in [0.717, 1.165) is 41.1 Å². The number of nitrogens with one attached hydrogen (secondary N) is 1. The van der Waals surface area contributed by atoms with Gasteiger partial charge < -0.3 is 10.2 Å². The first kappa shape index (κ1) is 19.5. The molecule has 0 saturated carbocycles. The average molecular weight is 405 g/mol. The van der Waals surface area contributed by atoms with E-state index < -0.39 is 0 Å². The van der Waals surface area contributed by atoms with E-state index in [1.165, 1.54) is 4.90 Å². The van der Waals surface area contributed by atoms with Gasteiger partial charge in [0.25, 0.3) is 5.91 Å². The number of Topliss-reactive ketones (excluding diaryl/α,β-unsaturated/α-hetero) is 1. The van der Waals surface area contributed by atoms with Gasteiger partial charge in [-0.3, -0.25) is 9.59 Å². The van der Waals surface area contributed by atoms with E-state index in [9.17, 15) is 9.59 Å². The summed E-state index contributed by atoms with van der Waals surface area (Å²) in [6.07, 6.45) is 6.61. The quantitative estimate of drug-likeness (QED) is 0.688. The number of allylic oxidation sites excluding steroid dienone is 2. The van der Waals surface area contributed by atoms with Crippen LogP contribution < -0.4 is 10.2 Å². The summed E-state index contributed by atoms with van der Waals surface area (Å²) in [4.78, 5) is 28.9. The monoisotopic (exact) mass is 404 g/mol. The summed E-state index contributed by atoms with van der Waals surface area (Å²) in [6, 6.07) is 16.0. The second-order valence-corrected chi connectivity index (χ2v) is 8.25. The topological polar surface area (TPSA) is 49.4 Å². The molecule has 0 spiro atoms. The van der Waals surface area contributed by atoms with Gasteiger partial charge in [-0.05, 0) is 61.9 Å². The third-order valence-electron chi connectivity index (χ3n) is 5.48. The number of carbonyl (C=O) groups excluding carboxylic acids is 2. The number of thioether (sulfide) groups is 1. The van der Waals surface area contributed by atoms with Crippen LogP contribution >= 0.6 is 11.8 Å². The zero-order chi connectivity index (χ0) is 20.4. The molecule has 0 unspecified atom stereocenters. The third kappa shape index (κ3) is 4.01. The summed E-state index contributed by atoms with van der Waals surface area (Å²) in [5.41, 5.74) is 5.20. The van der Waals surface area contributed by atoms with Crippen LogP contribution in [0.4, 0.5) is 11.4 Å². The van der Waals surface area contributed by atoms with Gasteiger partial charge >= 0.3 is 0 Å². The van der Waals surface area contributed by atoms with Crippen molar-refractivity contribution in [3.05, 3.63) is 77.1 Å². The molecule has 1 heterocycles. The van der Waals surface area contributed by atoms with Crippen LogP contribution in [-0.4, -0.2) is 17.9 Å². The normalized spacial score (nSPS) is 16.4. The van der Waals surface area contributed by atoms with Gasteiger partial charge in [0.1, 0.15) is 0 Å². The highest BCUT2D eigenvalue weighted by Gasteiger charge is 2.31. The molecule has 2 aromatic rings. The first-order chi connectivity index (χ1) is 14.1. The van der Waals surface area contributed by atoms with E-state index in [4.69, 9.17) is 0 Å². The Morgan fingerprint density at radius 2 is 1.83 bits per heavy atom. The molecule has 0 saturated heterocycles. The van der Waals surface area contributed by atoms with E-state index in [1.54, 1.807) is 11.8 Å². The molecule has 1 N–H and O–H groups in total. The van der Waals surface area contributed by atoms with Crippen molar-refractivity contribution in [3.63, 3.8) is 0 Å². The highest BCUT2D eigenvalue weighted by Crippen LogP contribution is 2.37. The van der Waals surface area contributed by atoms with Crippen molar-refractivity contribution in [2.45, 2.75) is 37.5 Å². The largest absolute Gasteiger partial charge is 0.322 e. The molecule has 1 aliphatic carbocycles. The van der Waals surface area contributed by atoms with Gasteiger partial charge in [-0.25, -0.2) is 0 Å². The Kier molecular flexibility index (Phi) is 5.58. The van der Waals surface area contributed by atoms with Gasteiger partial charge in [-0.2, -0.15) is 0 Å². The standard InChI is InChI=1S/C24H24N2O2S/c1-16-6-3-4-7-21(16)25-24(28)17-14-20-22(8-5-9-23(20)27)26(15-17)18-10-12-19(29-2)13-11-18/h3-4,6-7,10-13,15H,5,8-9,14H2,1-2H3,(H,25,28). The zero-order valence-electron chi connectivity index (χ0n) is 16.7. The lowest BCUT2D eigenvalue weighted by Gasteiger charge is -2.34. The second-order valence-electron chi connectivity index (χ2n) is 7.37. The Labute approximate surface area is 175 Å². The van der Waals surface area contributed by atoms with Crippen LogP contribution in [0.2, 0.25) is 0 Å². The predicted molar refractivity (Wildman–Crippen MR) is 119 cm³/mol. The minimum absolute atomic E-state index is 0.157. The smallest absolute Gasteiger partial charge is 0.253 e. The molecule has 0 fully saturated rings. The Morgan fingerprint density at radius 3 is 2.55 bits per heavy atom. The van der Waals surface area contributed by atoms with Crippen molar-refractivity contribution in [1.82, 2.24) is 0 Å². The van der Waals surface area contributed by atoms with E-state index in [1.807, 2.05) is 60.7 Å². The molecule has 0 bridgehead atoms. The summed E-state index contributed by atoms with van der Waals surface area (Å²) >= 11 is 1.69. The van der Waals surface area contributed by atoms with E-state index >= 15 is 0 Å². The van der Waals surface area contributed by atoms with Crippen molar-refractivity contribution in [1.29, 1.82) is 0 Å². The molecule has 1 aliphatic heterocycles. The summed E-state index contributed by atoms with van der Waals surface area (Å²) in [7, 11) is 0. The maximum absolute atomic E-state index is 13.0. The lowest BCUT2D eigenvalue weighted by molar-refractivity contribution is -0.116. The van der Waals surface area contributed by atoms with Gasteiger partial charge in [0.15, 0.2) is 5.78 Å². The van der Waals surface area contributed by atoms with Crippen LogP contribution in [0.3, 0.4) is 0 Å². The van der Waals surface area contributed by atoms with Crippen molar-refractivity contribution < 1.29 is 9.59 Å². The predicted octanol–water partition coefficient (Wildman–Crippen LogP) is 5.46. The first-order valence-corrected chi connectivity index (χ1v) is 11.1. The van der Waals surface area contributed by atoms with E-state index in [2.05, 4.69) is 17.4 Å². The zero-order valence-corrected chi connectivity index (χ0v) is 17.5. The summed E-state index contributed by atoms with van der Waals surface area (Å²) in [6.45, 7) is 1.97. The fourth-order valence-corrected chi connectivity index (χ4v) is 4.25. The lowest BCUT2D eigenvalue weighted by Crippen LogP contribution is -2.31. The maximum atomic E-state index is 13.0. The molecule has 1 amide bonds. The Morgan fingerprint density at radius 1 is 1.07 bits per heavy atom. The van der Waals surface area contributed by atoms with Crippen LogP contribution in [0.15, 0.2) is 76.5 Å². The van der Waals surface area contributed by atoms with Gasteiger partial charge in [-0.1, -0.05) is 18.2 Å². The number of anilines is 2. The Balaban J connectivity index is 1.69. The van der Waals surface area contributed by atoms with Gasteiger partial charge in [0, 0.05) is 52.2 Å². The number of aryl methyl sites for hydroxylation is 1. The molecule has 4 rings (SSSR count). The number of amides is 1. The van der Waals surface area contributed by atoms with E-state index in [-0.39, 0.29) is 11.7 Å². The molecule has 29 heavy (non-hydrogen) atoms. The molecule has 0 aromatic heterocycles. The molecule has 2 aromatic carbocycles. The molecular formula is C24H24N2O2S. The second kappa shape index (κ2) is 8.29. The first-order valence-electron chi connectivity index (χ1n) is 9.83. The minimum Gasteiger partial charge on any atom is -0.322 e. The SMILES string of the molecule is CSc1ccc(N2C=C(C(=O)Nc3ccccc3C)CC3=C2CCCC3=O)cc1. The highest BCUT2D eigenvalue weighted by molar-refractivity contribution is 7.98. The number of benzene rings is 2. The number of rotatable bonds is 4. The average Bonchev–Trinajstić information content (AvgIpc) is 2.75. The van der Waals surface area contributed by atoms with Crippen molar-refractivity contribution >= 4 is 34.8 Å². The fraction of sp³-hybridized carbons (Fsp3) is 0.250. The third-order valence-corrected chi connectivity index (χ3v) is 6.22. The van der Waals surface area contributed by atoms with Gasteiger partial charge in [0.05, 0.1) is 0 Å². The van der Waals surface area contributed by atoms with Crippen LogP contribution in [-0.2, 0) is 9.59 Å². The van der Waals surface area contributed by atoms with E-state index in [0.29, 0.717) is 18.4 Å². The molecule has 0 radical (unpaired) electrons. The van der Waals surface area contributed by atoms with Crippen LogP contribution in [0, 0.1) is 6.92 Å². The summed E-state index contributed by atoms with van der Waals surface area (Å²) in [5.74, 6) is 0.00114. The molecular weight excluding hydrogens is 380 g/mol. The van der Waals surface area contributed by atoms with Crippen molar-refractivity contribution in [2.24, 2.45) is 0 Å². The van der Waals surface area contributed by atoms with Gasteiger partial charge in [-0.15, -0.1) is 11.8 Å². The number of hydrogen-bond donors (Lipinski definition) is 1. The Bertz CT molecular complexity index is 1020. The molecule has 2 aliphatic rings. The lowest BCUT2D eigenvalue weighted by atomic mass is 9.87.